The molecular formula is C20H18N2O5S2. The van der Waals surface area contributed by atoms with Gasteiger partial charge in [-0.05, 0) is 42.6 Å². The largest absolute Gasteiger partial charge is 0.497 e. The molecule has 0 saturated carbocycles. The van der Waals surface area contributed by atoms with E-state index in [0.717, 1.165) is 16.8 Å². The molecule has 2 amide bonds. The van der Waals surface area contributed by atoms with E-state index in [0.29, 0.717) is 33.3 Å². The lowest BCUT2D eigenvalue weighted by Crippen LogP contribution is -2.44. The highest BCUT2D eigenvalue weighted by Crippen LogP contribution is 2.34. The van der Waals surface area contributed by atoms with Crippen LogP contribution in [0.1, 0.15) is 15.9 Å². The molecule has 1 heterocycles. The van der Waals surface area contributed by atoms with Crippen LogP contribution in [0, 0.1) is 0 Å². The molecule has 2 aromatic carbocycles. The van der Waals surface area contributed by atoms with Crippen LogP contribution in [0.15, 0.2) is 47.4 Å². The average Bonchev–Trinajstić information content (AvgIpc) is 3.01. The van der Waals surface area contributed by atoms with E-state index >= 15 is 0 Å². The monoisotopic (exact) mass is 430 g/mol. The number of thioether (sulfide) groups is 1. The Kier molecular flexibility index (Phi) is 6.40. The number of hydrogen-bond acceptors (Lipinski definition) is 7. The predicted molar refractivity (Wildman–Crippen MR) is 115 cm³/mol. The van der Waals surface area contributed by atoms with Crippen molar-refractivity contribution in [2.45, 2.75) is 0 Å². The Morgan fingerprint density at radius 3 is 2.48 bits per heavy atom. The number of benzene rings is 2. The molecule has 0 radical (unpaired) electrons. The van der Waals surface area contributed by atoms with Crippen LogP contribution < -0.4 is 19.6 Å². The van der Waals surface area contributed by atoms with Crippen molar-refractivity contribution < 1.29 is 23.8 Å². The maximum Gasteiger partial charge on any atom is 0.285 e. The van der Waals surface area contributed by atoms with Crippen LogP contribution in [0.2, 0.25) is 0 Å². The summed E-state index contributed by atoms with van der Waals surface area (Å²) in [6, 6.07) is 12.0. The van der Waals surface area contributed by atoms with E-state index in [9.17, 15) is 9.59 Å². The lowest BCUT2D eigenvalue weighted by Gasteiger charge is -2.16. The van der Waals surface area contributed by atoms with Crippen molar-refractivity contribution in [3.8, 4) is 17.2 Å². The van der Waals surface area contributed by atoms with E-state index in [1.54, 1.807) is 55.7 Å². The summed E-state index contributed by atoms with van der Waals surface area (Å²) >= 11 is 6.36. The van der Waals surface area contributed by atoms with Crippen LogP contribution in [-0.4, -0.2) is 42.5 Å². The van der Waals surface area contributed by atoms with Crippen molar-refractivity contribution in [2.24, 2.45) is 0 Å². The minimum Gasteiger partial charge on any atom is -0.497 e. The van der Waals surface area contributed by atoms with Gasteiger partial charge in [0, 0.05) is 11.6 Å². The summed E-state index contributed by atoms with van der Waals surface area (Å²) in [6.45, 7) is 0. The first-order valence-electron chi connectivity index (χ1n) is 8.42. The van der Waals surface area contributed by atoms with Gasteiger partial charge in [-0.25, -0.2) is 0 Å². The lowest BCUT2D eigenvalue weighted by molar-refractivity contribution is -0.123. The molecule has 2 aromatic rings. The fourth-order valence-electron chi connectivity index (χ4n) is 2.64. The smallest absolute Gasteiger partial charge is 0.285 e. The number of rotatable bonds is 6. The second-order valence-corrected chi connectivity index (χ2v) is 7.44. The predicted octanol–water partition coefficient (Wildman–Crippen LogP) is 3.26. The van der Waals surface area contributed by atoms with Crippen molar-refractivity contribution in [1.29, 1.82) is 0 Å². The minimum atomic E-state index is -0.498. The zero-order valence-corrected chi connectivity index (χ0v) is 17.6. The van der Waals surface area contributed by atoms with Gasteiger partial charge in [0.2, 0.25) is 0 Å². The molecule has 1 aliphatic heterocycles. The number of nitrogens with zero attached hydrogens (tertiary/aromatic N) is 1. The second-order valence-electron chi connectivity index (χ2n) is 5.77. The van der Waals surface area contributed by atoms with Gasteiger partial charge in [-0.15, -0.1) is 0 Å². The van der Waals surface area contributed by atoms with Gasteiger partial charge in [-0.2, -0.15) is 5.01 Å². The van der Waals surface area contributed by atoms with Crippen molar-refractivity contribution in [3.05, 3.63) is 58.5 Å². The number of methoxy groups -OCH3 is 3. The van der Waals surface area contributed by atoms with Crippen LogP contribution in [0.25, 0.3) is 6.08 Å². The first kappa shape index (κ1) is 20.7. The van der Waals surface area contributed by atoms with Crippen LogP contribution in [0.4, 0.5) is 0 Å². The van der Waals surface area contributed by atoms with Crippen LogP contribution in [0.3, 0.4) is 0 Å². The molecule has 3 rings (SSSR count). The minimum absolute atomic E-state index is 0.219. The van der Waals surface area contributed by atoms with E-state index < -0.39 is 11.8 Å². The Morgan fingerprint density at radius 2 is 1.79 bits per heavy atom. The SMILES string of the molecule is COc1ccc(C=C2SC(=S)N(NC(=O)c3ccccc3OC)C2=O)c(OC)c1. The highest BCUT2D eigenvalue weighted by atomic mass is 32.2. The van der Waals surface area contributed by atoms with Gasteiger partial charge in [-0.1, -0.05) is 23.9 Å². The van der Waals surface area contributed by atoms with Crippen molar-refractivity contribution >= 4 is 46.2 Å². The third-order valence-electron chi connectivity index (χ3n) is 4.09. The van der Waals surface area contributed by atoms with E-state index in [1.807, 2.05) is 0 Å². The number of carbonyl (C=O) groups excluding carboxylic acids is 2. The van der Waals surface area contributed by atoms with Gasteiger partial charge in [0.1, 0.15) is 17.2 Å². The molecule has 7 nitrogen and oxygen atoms in total. The Morgan fingerprint density at radius 1 is 1.07 bits per heavy atom. The Balaban J connectivity index is 1.83. The molecule has 9 heteroatoms. The third kappa shape index (κ3) is 4.36. The number of hydrogen-bond donors (Lipinski definition) is 1. The van der Waals surface area contributed by atoms with E-state index in [2.05, 4.69) is 5.43 Å². The average molecular weight is 431 g/mol. The van der Waals surface area contributed by atoms with Gasteiger partial charge >= 0.3 is 0 Å². The molecule has 0 atom stereocenters. The summed E-state index contributed by atoms with van der Waals surface area (Å²) < 4.78 is 16.0. The highest BCUT2D eigenvalue weighted by Gasteiger charge is 2.34. The van der Waals surface area contributed by atoms with Crippen LogP contribution >= 0.6 is 24.0 Å². The Bertz CT molecular complexity index is 1010. The normalized spacial score (nSPS) is 14.9. The van der Waals surface area contributed by atoms with E-state index in [-0.39, 0.29) is 4.32 Å². The molecule has 1 saturated heterocycles. The fourth-order valence-corrected chi connectivity index (χ4v) is 3.81. The molecule has 150 valence electrons. The summed E-state index contributed by atoms with van der Waals surface area (Å²) in [7, 11) is 4.56. The lowest BCUT2D eigenvalue weighted by atomic mass is 10.1. The van der Waals surface area contributed by atoms with Crippen LogP contribution in [0.5, 0.6) is 17.2 Å². The van der Waals surface area contributed by atoms with Crippen molar-refractivity contribution in [2.75, 3.05) is 21.3 Å². The topological polar surface area (TPSA) is 77.1 Å². The highest BCUT2D eigenvalue weighted by molar-refractivity contribution is 8.26. The molecular weight excluding hydrogens is 412 g/mol. The van der Waals surface area contributed by atoms with Gasteiger partial charge in [-0.3, -0.25) is 15.0 Å². The van der Waals surface area contributed by atoms with Gasteiger partial charge < -0.3 is 14.2 Å². The standard InChI is InChI=1S/C20H18N2O5S2/c1-25-13-9-8-12(16(11-13)27-3)10-17-19(24)22(20(28)29-17)21-18(23)14-6-4-5-7-15(14)26-2/h4-11H,1-3H3,(H,21,23). The van der Waals surface area contributed by atoms with Crippen molar-refractivity contribution in [3.63, 3.8) is 0 Å². The Hall–Kier alpha value is -3.04. The fraction of sp³-hybridized carbons (Fsp3) is 0.150. The summed E-state index contributed by atoms with van der Waals surface area (Å²) in [6.07, 6.45) is 1.66. The molecule has 1 aliphatic rings. The number of amides is 2. The molecule has 0 aromatic heterocycles. The molecule has 0 bridgehead atoms. The van der Waals surface area contributed by atoms with Gasteiger partial charge in [0.15, 0.2) is 4.32 Å². The summed E-state index contributed by atoms with van der Waals surface area (Å²) in [5.74, 6) is 0.653. The number of hydrazine groups is 1. The van der Waals surface area contributed by atoms with E-state index in [1.165, 1.54) is 14.2 Å². The molecule has 0 spiro atoms. The Labute approximate surface area is 177 Å². The number of ether oxygens (including phenoxy) is 3. The number of para-hydroxylation sites is 1. The second kappa shape index (κ2) is 8.97. The first-order chi connectivity index (χ1) is 14.0. The number of nitrogens with one attached hydrogen (secondary N) is 1. The van der Waals surface area contributed by atoms with E-state index in [4.69, 9.17) is 26.4 Å². The van der Waals surface area contributed by atoms with Gasteiger partial charge in [0.25, 0.3) is 11.8 Å². The zero-order chi connectivity index (χ0) is 21.0. The zero-order valence-electron chi connectivity index (χ0n) is 15.9. The molecule has 0 unspecified atom stereocenters. The molecule has 1 fully saturated rings. The summed E-state index contributed by atoms with van der Waals surface area (Å²) in [4.78, 5) is 25.8. The van der Waals surface area contributed by atoms with Gasteiger partial charge in [0.05, 0.1) is 31.8 Å². The third-order valence-corrected chi connectivity index (χ3v) is 5.39. The molecule has 1 N–H and O–H groups in total. The number of thiocarbonyl (C=S) groups is 1. The number of carbonyl (C=O) groups is 2. The molecule has 29 heavy (non-hydrogen) atoms. The van der Waals surface area contributed by atoms with Crippen molar-refractivity contribution in [1.82, 2.24) is 10.4 Å². The first-order valence-corrected chi connectivity index (χ1v) is 9.65. The molecule has 0 aliphatic carbocycles. The van der Waals surface area contributed by atoms with Crippen LogP contribution in [-0.2, 0) is 4.79 Å². The quantitative estimate of drug-likeness (QED) is 0.557. The maximum atomic E-state index is 12.8. The summed E-state index contributed by atoms with van der Waals surface area (Å²) in [5.41, 5.74) is 3.52. The maximum absolute atomic E-state index is 12.8. The summed E-state index contributed by atoms with van der Waals surface area (Å²) in [5, 5.41) is 1.05.